The average Bonchev–Trinajstić information content (AvgIpc) is 3.36. The van der Waals surface area contributed by atoms with Gasteiger partial charge in [0.25, 0.3) is 0 Å². The molecule has 34 heavy (non-hydrogen) atoms. The van der Waals surface area contributed by atoms with Gasteiger partial charge in [-0.25, -0.2) is 0 Å². The molecule has 0 bridgehead atoms. The van der Waals surface area contributed by atoms with E-state index in [1.807, 2.05) is 36.4 Å². The third-order valence-electron chi connectivity index (χ3n) is 6.71. The highest BCUT2D eigenvalue weighted by molar-refractivity contribution is 7.99. The Balaban J connectivity index is 1.35. The number of carboxylic acids is 1. The number of nitrogens with zero attached hydrogens (tertiary/aromatic N) is 2. The van der Waals surface area contributed by atoms with Gasteiger partial charge in [0.1, 0.15) is 5.75 Å². The van der Waals surface area contributed by atoms with E-state index in [-0.39, 0.29) is 18.3 Å². The first-order valence-corrected chi connectivity index (χ1v) is 12.7. The van der Waals surface area contributed by atoms with Crippen LogP contribution < -0.4 is 4.74 Å². The lowest BCUT2D eigenvalue weighted by Crippen LogP contribution is -2.42. The van der Waals surface area contributed by atoms with Crippen LogP contribution in [-0.4, -0.2) is 58.6 Å². The summed E-state index contributed by atoms with van der Waals surface area (Å²) in [6, 6.07) is 11.4. The molecule has 0 saturated carbocycles. The number of rotatable bonds is 11. The molecule has 3 atom stereocenters. The highest BCUT2D eigenvalue weighted by Gasteiger charge is 2.31. The standard InChI is InChI=1S/C26H32N2O5S/c1-32-20-5-6-23-22(16-20)21(8-10-27-23)24(29)7-4-18-9-11-28(17-19(18)15-25(30)31)12-14-34-26-3-2-13-33-26/h2-3,5-6,8,10,13,16,18-19,24,29H,4,7,9,11-12,14-15,17H2,1H3,(H,30,31)/t18-,19+,24-/m1/s1. The zero-order valence-electron chi connectivity index (χ0n) is 19.4. The molecule has 0 aliphatic carbocycles. The molecule has 1 saturated heterocycles. The summed E-state index contributed by atoms with van der Waals surface area (Å²) in [7, 11) is 1.62. The van der Waals surface area contributed by atoms with E-state index in [2.05, 4.69) is 9.88 Å². The van der Waals surface area contributed by atoms with E-state index in [9.17, 15) is 15.0 Å². The van der Waals surface area contributed by atoms with Crippen LogP contribution in [0.5, 0.6) is 5.75 Å². The van der Waals surface area contributed by atoms with Crippen molar-refractivity contribution < 1.29 is 24.2 Å². The molecular formula is C26H32N2O5S. The third kappa shape index (κ3) is 6.31. The molecule has 4 rings (SSSR count). The number of likely N-dealkylation sites (tertiary alicyclic amines) is 1. The Morgan fingerprint density at radius 3 is 2.97 bits per heavy atom. The summed E-state index contributed by atoms with van der Waals surface area (Å²) in [5.41, 5.74) is 1.66. The SMILES string of the molecule is COc1ccc2nccc([C@H](O)CC[C@@H]3CCN(CCSc4ccco4)C[C@@H]3CC(=O)O)c2c1. The molecule has 1 aliphatic rings. The van der Waals surface area contributed by atoms with Crippen molar-refractivity contribution in [2.45, 2.75) is 36.9 Å². The number of hydrogen-bond acceptors (Lipinski definition) is 7. The largest absolute Gasteiger partial charge is 0.497 e. The first-order valence-electron chi connectivity index (χ1n) is 11.7. The summed E-state index contributed by atoms with van der Waals surface area (Å²) >= 11 is 1.68. The molecule has 1 aromatic carbocycles. The number of aliphatic carboxylic acids is 1. The molecule has 0 spiro atoms. The van der Waals surface area contributed by atoms with Gasteiger partial charge < -0.3 is 24.3 Å². The van der Waals surface area contributed by atoms with E-state index >= 15 is 0 Å². The molecule has 182 valence electrons. The topological polar surface area (TPSA) is 96.0 Å². The summed E-state index contributed by atoms with van der Waals surface area (Å²) in [6.07, 6.45) is 5.26. The lowest BCUT2D eigenvalue weighted by Gasteiger charge is -2.38. The van der Waals surface area contributed by atoms with Crippen LogP contribution in [0.2, 0.25) is 0 Å². The van der Waals surface area contributed by atoms with Gasteiger partial charge in [-0.05, 0) is 79.6 Å². The van der Waals surface area contributed by atoms with Crippen LogP contribution in [0.4, 0.5) is 0 Å². The minimum atomic E-state index is -0.755. The third-order valence-corrected chi connectivity index (χ3v) is 7.62. The van der Waals surface area contributed by atoms with E-state index in [0.29, 0.717) is 6.42 Å². The van der Waals surface area contributed by atoms with Crippen molar-refractivity contribution in [2.24, 2.45) is 11.8 Å². The number of methoxy groups -OCH3 is 1. The number of fused-ring (bicyclic) bond motifs is 1. The zero-order valence-corrected chi connectivity index (χ0v) is 20.2. The number of pyridine rings is 1. The van der Waals surface area contributed by atoms with Crippen LogP contribution in [0.15, 0.2) is 58.4 Å². The number of ether oxygens (including phenoxy) is 1. The molecule has 1 aliphatic heterocycles. The van der Waals surface area contributed by atoms with Crippen LogP contribution >= 0.6 is 11.8 Å². The number of thioether (sulfide) groups is 1. The molecular weight excluding hydrogens is 452 g/mol. The second kappa shape index (κ2) is 11.7. The fourth-order valence-electron chi connectivity index (χ4n) is 4.91. The van der Waals surface area contributed by atoms with E-state index < -0.39 is 12.1 Å². The number of hydrogen-bond donors (Lipinski definition) is 2. The van der Waals surface area contributed by atoms with Crippen molar-refractivity contribution in [1.29, 1.82) is 0 Å². The Bertz CT molecular complexity index is 1070. The minimum Gasteiger partial charge on any atom is -0.497 e. The van der Waals surface area contributed by atoms with Gasteiger partial charge >= 0.3 is 5.97 Å². The fourth-order valence-corrected chi connectivity index (χ4v) is 5.76. The first kappa shape index (κ1) is 24.6. The van der Waals surface area contributed by atoms with Crippen molar-refractivity contribution in [3.8, 4) is 5.75 Å². The van der Waals surface area contributed by atoms with Gasteiger partial charge in [0.05, 0.1) is 25.0 Å². The maximum absolute atomic E-state index is 11.6. The summed E-state index contributed by atoms with van der Waals surface area (Å²) in [5.74, 6) is 1.25. The summed E-state index contributed by atoms with van der Waals surface area (Å²) < 4.78 is 10.7. The summed E-state index contributed by atoms with van der Waals surface area (Å²) in [4.78, 5) is 18.3. The summed E-state index contributed by atoms with van der Waals surface area (Å²) in [5, 5.41) is 22.3. The normalized spacial score (nSPS) is 19.8. The molecule has 0 radical (unpaired) electrons. The maximum atomic E-state index is 11.6. The minimum absolute atomic E-state index is 0.0846. The number of furan rings is 1. The van der Waals surface area contributed by atoms with Gasteiger partial charge in [0.15, 0.2) is 5.09 Å². The molecule has 3 aromatic rings. The van der Waals surface area contributed by atoms with Crippen molar-refractivity contribution >= 4 is 28.6 Å². The maximum Gasteiger partial charge on any atom is 0.303 e. The second-order valence-electron chi connectivity index (χ2n) is 8.86. The fraction of sp³-hybridized carbons (Fsp3) is 0.462. The van der Waals surface area contributed by atoms with Crippen molar-refractivity contribution in [3.05, 3.63) is 54.4 Å². The molecule has 3 heterocycles. The van der Waals surface area contributed by atoms with Crippen LogP contribution in [0.25, 0.3) is 10.9 Å². The van der Waals surface area contributed by atoms with Gasteiger partial charge in [0, 0.05) is 36.8 Å². The molecule has 8 heteroatoms. The molecule has 0 unspecified atom stereocenters. The summed E-state index contributed by atoms with van der Waals surface area (Å²) in [6.45, 7) is 2.63. The number of aliphatic hydroxyl groups excluding tert-OH is 1. The predicted octanol–water partition coefficient (Wildman–Crippen LogP) is 4.86. The van der Waals surface area contributed by atoms with Gasteiger partial charge in [0.2, 0.25) is 0 Å². The molecule has 0 amide bonds. The van der Waals surface area contributed by atoms with E-state index in [1.54, 1.807) is 31.3 Å². The van der Waals surface area contributed by atoms with Gasteiger partial charge in [-0.1, -0.05) is 11.8 Å². The lowest BCUT2D eigenvalue weighted by molar-refractivity contribution is -0.139. The zero-order chi connectivity index (χ0) is 23.9. The number of carboxylic acid groups (broad SMARTS) is 1. The number of benzene rings is 1. The predicted molar refractivity (Wildman–Crippen MR) is 132 cm³/mol. The Labute approximate surface area is 204 Å². The van der Waals surface area contributed by atoms with Gasteiger partial charge in [-0.2, -0.15) is 0 Å². The highest BCUT2D eigenvalue weighted by atomic mass is 32.2. The lowest BCUT2D eigenvalue weighted by atomic mass is 9.79. The van der Waals surface area contributed by atoms with Crippen LogP contribution in [-0.2, 0) is 4.79 Å². The number of carbonyl (C=O) groups is 1. The van der Waals surface area contributed by atoms with Crippen LogP contribution in [0.3, 0.4) is 0 Å². The number of piperidine rings is 1. The molecule has 2 aromatic heterocycles. The Morgan fingerprint density at radius 1 is 1.32 bits per heavy atom. The van der Waals surface area contributed by atoms with E-state index in [1.165, 1.54) is 0 Å². The highest BCUT2D eigenvalue weighted by Crippen LogP contribution is 2.35. The average molecular weight is 485 g/mol. The Morgan fingerprint density at radius 2 is 2.21 bits per heavy atom. The van der Waals surface area contributed by atoms with Gasteiger partial charge in [-0.15, -0.1) is 0 Å². The Hall–Kier alpha value is -2.55. The Kier molecular flexibility index (Phi) is 8.48. The van der Waals surface area contributed by atoms with Crippen molar-refractivity contribution in [1.82, 2.24) is 9.88 Å². The molecule has 7 nitrogen and oxygen atoms in total. The van der Waals surface area contributed by atoms with E-state index in [4.69, 9.17) is 9.15 Å². The van der Waals surface area contributed by atoms with Crippen LogP contribution in [0, 0.1) is 11.8 Å². The smallest absolute Gasteiger partial charge is 0.303 e. The van der Waals surface area contributed by atoms with Gasteiger partial charge in [-0.3, -0.25) is 9.78 Å². The number of aromatic nitrogens is 1. The monoisotopic (exact) mass is 484 g/mol. The quantitative estimate of drug-likeness (QED) is 0.373. The van der Waals surface area contributed by atoms with Crippen molar-refractivity contribution in [2.75, 3.05) is 32.5 Å². The van der Waals surface area contributed by atoms with Crippen LogP contribution in [0.1, 0.15) is 37.4 Å². The van der Waals surface area contributed by atoms with E-state index in [0.717, 1.165) is 65.5 Å². The second-order valence-corrected chi connectivity index (χ2v) is 9.96. The van der Waals surface area contributed by atoms with Crippen molar-refractivity contribution in [3.63, 3.8) is 0 Å². The first-order chi connectivity index (χ1) is 16.5. The number of aliphatic hydroxyl groups is 1. The molecule has 2 N–H and O–H groups in total. The molecule has 1 fully saturated rings.